The number of ether oxygens (including phenoxy) is 2. The van der Waals surface area contributed by atoms with Crippen molar-refractivity contribution in [2.75, 3.05) is 27.8 Å². The van der Waals surface area contributed by atoms with E-state index in [1.165, 1.54) is 21.1 Å². The molecule has 0 aliphatic carbocycles. The first-order valence-electron chi connectivity index (χ1n) is 7.70. The summed E-state index contributed by atoms with van der Waals surface area (Å²) in [5.41, 5.74) is 2.23. The van der Waals surface area contributed by atoms with Crippen LogP contribution in [0.1, 0.15) is 41.5 Å². The largest absolute Gasteiger partial charge is 0.466 e. The highest BCUT2D eigenvalue weighted by Crippen LogP contribution is 2.24. The predicted octanol–water partition coefficient (Wildman–Crippen LogP) is 2.13. The first-order valence-corrected chi connectivity index (χ1v) is 7.70. The highest BCUT2D eigenvalue weighted by molar-refractivity contribution is 5.95. The van der Waals surface area contributed by atoms with E-state index in [9.17, 15) is 14.4 Å². The number of hydrogen-bond donors (Lipinski definition) is 1. The number of Topliss-reactive ketones (excluding diaryl/α,β-unsaturated/α-hetero) is 1. The standard InChI is InChI=1S/C18H24N2O5/c1-7-13-8-14(12(3)21)19-17(13)11(2)10-20(4)15(18(23)25-6)9-16(22)24-5/h7-9,11,19H,1,10H2,2-6H3/b15-9-. The minimum atomic E-state index is -0.648. The molecule has 7 nitrogen and oxygen atoms in total. The molecule has 0 aromatic carbocycles. The van der Waals surface area contributed by atoms with Crippen molar-refractivity contribution in [3.8, 4) is 0 Å². The van der Waals surface area contributed by atoms with Crippen LogP contribution in [0.4, 0.5) is 0 Å². The van der Waals surface area contributed by atoms with Crippen LogP contribution < -0.4 is 0 Å². The molecule has 7 heteroatoms. The van der Waals surface area contributed by atoms with Gasteiger partial charge in [-0.25, -0.2) is 9.59 Å². The van der Waals surface area contributed by atoms with Gasteiger partial charge in [0.15, 0.2) is 5.78 Å². The molecule has 1 aromatic heterocycles. The van der Waals surface area contributed by atoms with Gasteiger partial charge in [-0.15, -0.1) is 0 Å². The summed E-state index contributed by atoms with van der Waals surface area (Å²) in [6.07, 6.45) is 2.75. The maximum atomic E-state index is 11.9. The summed E-state index contributed by atoms with van der Waals surface area (Å²) < 4.78 is 9.30. The molecule has 0 spiro atoms. The lowest BCUT2D eigenvalue weighted by atomic mass is 10.0. The molecule has 0 aliphatic rings. The van der Waals surface area contributed by atoms with Gasteiger partial charge in [-0.3, -0.25) is 4.79 Å². The van der Waals surface area contributed by atoms with E-state index in [1.807, 2.05) is 6.92 Å². The highest BCUT2D eigenvalue weighted by atomic mass is 16.5. The van der Waals surface area contributed by atoms with Crippen molar-refractivity contribution in [3.05, 3.63) is 41.4 Å². The zero-order valence-corrected chi connectivity index (χ0v) is 15.2. The molecular weight excluding hydrogens is 324 g/mol. The van der Waals surface area contributed by atoms with Crippen LogP contribution in [0.15, 0.2) is 24.4 Å². The lowest BCUT2D eigenvalue weighted by Crippen LogP contribution is -2.29. The number of nitrogens with one attached hydrogen (secondary N) is 1. The maximum absolute atomic E-state index is 11.9. The number of likely N-dealkylation sites (N-methyl/N-ethyl adjacent to an activating group) is 1. The molecule has 1 heterocycles. The zero-order valence-electron chi connectivity index (χ0n) is 15.2. The molecule has 1 rings (SSSR count). The van der Waals surface area contributed by atoms with Crippen LogP contribution >= 0.6 is 0 Å². The molecule has 0 saturated heterocycles. The smallest absolute Gasteiger partial charge is 0.354 e. The van der Waals surface area contributed by atoms with Gasteiger partial charge in [0.25, 0.3) is 0 Å². The monoisotopic (exact) mass is 348 g/mol. The number of rotatable bonds is 8. The Labute approximate surface area is 147 Å². The van der Waals surface area contributed by atoms with E-state index in [4.69, 9.17) is 4.74 Å². The number of nitrogens with zero attached hydrogens (tertiary/aromatic N) is 1. The number of carbonyl (C=O) groups is 3. The molecule has 1 N–H and O–H groups in total. The molecule has 0 aliphatic heterocycles. The highest BCUT2D eigenvalue weighted by Gasteiger charge is 2.21. The maximum Gasteiger partial charge on any atom is 0.354 e. The average molecular weight is 348 g/mol. The number of aromatic nitrogens is 1. The summed E-state index contributed by atoms with van der Waals surface area (Å²) >= 11 is 0. The van der Waals surface area contributed by atoms with Gasteiger partial charge < -0.3 is 19.4 Å². The number of esters is 2. The average Bonchev–Trinajstić information content (AvgIpc) is 3.03. The predicted molar refractivity (Wildman–Crippen MR) is 94.0 cm³/mol. The Morgan fingerprint density at radius 1 is 1.32 bits per heavy atom. The van der Waals surface area contributed by atoms with Crippen molar-refractivity contribution in [1.29, 1.82) is 0 Å². The Kier molecular flexibility index (Phi) is 7.17. The van der Waals surface area contributed by atoms with Crippen LogP contribution in [0.25, 0.3) is 6.08 Å². The third-order valence-electron chi connectivity index (χ3n) is 3.78. The number of carbonyl (C=O) groups excluding carboxylic acids is 3. The van der Waals surface area contributed by atoms with Gasteiger partial charge in [0.2, 0.25) is 0 Å². The Balaban J connectivity index is 3.07. The Morgan fingerprint density at radius 3 is 2.44 bits per heavy atom. The van der Waals surface area contributed by atoms with Gasteiger partial charge in [-0.2, -0.15) is 0 Å². The minimum absolute atomic E-state index is 0.0724. The third-order valence-corrected chi connectivity index (χ3v) is 3.78. The van der Waals surface area contributed by atoms with Crippen LogP contribution in [0.2, 0.25) is 0 Å². The van der Waals surface area contributed by atoms with E-state index in [0.29, 0.717) is 12.2 Å². The van der Waals surface area contributed by atoms with Crippen LogP contribution in [0.5, 0.6) is 0 Å². The van der Waals surface area contributed by atoms with Crippen LogP contribution in [0, 0.1) is 0 Å². The van der Waals surface area contributed by atoms with Crippen molar-refractivity contribution in [2.24, 2.45) is 0 Å². The second-order valence-corrected chi connectivity index (χ2v) is 5.64. The summed E-state index contributed by atoms with van der Waals surface area (Å²) in [4.78, 5) is 39.7. The molecule has 136 valence electrons. The fourth-order valence-corrected chi connectivity index (χ4v) is 2.45. The van der Waals surface area contributed by atoms with Gasteiger partial charge in [-0.05, 0) is 11.6 Å². The minimum Gasteiger partial charge on any atom is -0.466 e. The summed E-state index contributed by atoms with van der Waals surface area (Å²) in [7, 11) is 4.14. The van der Waals surface area contributed by atoms with Crippen molar-refractivity contribution in [3.63, 3.8) is 0 Å². The van der Waals surface area contributed by atoms with E-state index >= 15 is 0 Å². The second kappa shape index (κ2) is 8.86. The fourth-order valence-electron chi connectivity index (χ4n) is 2.45. The van der Waals surface area contributed by atoms with E-state index in [0.717, 1.165) is 17.3 Å². The van der Waals surface area contributed by atoms with E-state index in [2.05, 4.69) is 16.3 Å². The molecule has 0 amide bonds. The van der Waals surface area contributed by atoms with Crippen molar-refractivity contribution in [2.45, 2.75) is 19.8 Å². The van der Waals surface area contributed by atoms with Crippen LogP contribution in [-0.4, -0.2) is 55.4 Å². The number of aromatic amines is 1. The fraction of sp³-hybridized carbons (Fsp3) is 0.389. The van der Waals surface area contributed by atoms with Gasteiger partial charge >= 0.3 is 11.9 Å². The quantitative estimate of drug-likeness (QED) is 0.440. The number of ketones is 1. The molecule has 1 atom stereocenters. The van der Waals surface area contributed by atoms with Crippen LogP contribution in [0.3, 0.4) is 0 Å². The molecule has 0 radical (unpaired) electrons. The number of H-pyrrole nitrogens is 1. The number of hydrogen-bond acceptors (Lipinski definition) is 6. The molecule has 0 saturated carbocycles. The van der Waals surface area contributed by atoms with Gasteiger partial charge in [-0.1, -0.05) is 19.6 Å². The molecule has 25 heavy (non-hydrogen) atoms. The summed E-state index contributed by atoms with van der Waals surface area (Å²) in [5.74, 6) is -1.43. The lowest BCUT2D eigenvalue weighted by molar-refractivity contribution is -0.139. The molecule has 0 fully saturated rings. The Hall–Kier alpha value is -2.83. The van der Waals surface area contributed by atoms with Crippen LogP contribution in [-0.2, 0) is 19.1 Å². The van der Waals surface area contributed by atoms with E-state index < -0.39 is 11.9 Å². The van der Waals surface area contributed by atoms with E-state index in [-0.39, 0.29) is 17.4 Å². The summed E-state index contributed by atoms with van der Waals surface area (Å²) in [6, 6.07) is 1.74. The zero-order chi connectivity index (χ0) is 19.1. The number of methoxy groups -OCH3 is 2. The molecular formula is C18H24N2O5. The van der Waals surface area contributed by atoms with E-state index in [1.54, 1.807) is 24.1 Å². The summed E-state index contributed by atoms with van der Waals surface area (Å²) in [5, 5.41) is 0. The first kappa shape index (κ1) is 20.2. The van der Waals surface area contributed by atoms with Crippen molar-refractivity contribution in [1.82, 2.24) is 9.88 Å². The SMILES string of the molecule is C=Cc1cc(C(C)=O)[nH]c1C(C)CN(C)/C(=C\C(=O)OC)C(=O)OC. The lowest BCUT2D eigenvalue weighted by Gasteiger charge is -2.24. The third kappa shape index (κ3) is 5.07. The molecule has 1 unspecified atom stereocenters. The first-order chi connectivity index (χ1) is 11.7. The molecule has 0 bridgehead atoms. The van der Waals surface area contributed by atoms with Gasteiger partial charge in [0.1, 0.15) is 5.70 Å². The summed E-state index contributed by atoms with van der Waals surface area (Å²) in [6.45, 7) is 7.58. The van der Waals surface area contributed by atoms with Gasteiger partial charge in [0, 0.05) is 32.1 Å². The van der Waals surface area contributed by atoms with Gasteiger partial charge in [0.05, 0.1) is 26.0 Å². The van der Waals surface area contributed by atoms with Crippen molar-refractivity contribution < 1.29 is 23.9 Å². The Morgan fingerprint density at radius 2 is 1.96 bits per heavy atom. The molecule has 1 aromatic rings. The second-order valence-electron chi connectivity index (χ2n) is 5.64. The normalized spacial score (nSPS) is 12.3. The topological polar surface area (TPSA) is 88.7 Å². The Bertz CT molecular complexity index is 702. The van der Waals surface area contributed by atoms with Crippen molar-refractivity contribution >= 4 is 23.8 Å².